The summed E-state index contributed by atoms with van der Waals surface area (Å²) in [5.41, 5.74) is 0.986. The Labute approximate surface area is 155 Å². The standard InChI is InChI=1S/C19H20FN3O4/c20-17-13-9-23(15-3-4-16(25)21-18(15)26)19(27)12(13)1-2-14(17)22-7-5-11(10-24)6-8-22/h1-2,10-11,15H,3-9H2,(H,21,25,26)/t15-/m0/s1. The highest BCUT2D eigenvalue weighted by Gasteiger charge is 2.40. The maximum atomic E-state index is 15.2. The van der Waals surface area contributed by atoms with Crippen molar-refractivity contribution in [3.05, 3.63) is 29.1 Å². The molecule has 0 aromatic heterocycles. The van der Waals surface area contributed by atoms with Crippen LogP contribution in [0.25, 0.3) is 0 Å². The Kier molecular flexibility index (Phi) is 4.41. The van der Waals surface area contributed by atoms with E-state index in [2.05, 4.69) is 5.32 Å². The monoisotopic (exact) mass is 373 g/mol. The van der Waals surface area contributed by atoms with Crippen molar-refractivity contribution in [3.8, 4) is 0 Å². The van der Waals surface area contributed by atoms with Gasteiger partial charge in [0.25, 0.3) is 5.91 Å². The van der Waals surface area contributed by atoms with E-state index in [9.17, 15) is 19.2 Å². The van der Waals surface area contributed by atoms with Gasteiger partial charge in [0.15, 0.2) is 5.82 Å². The molecular weight excluding hydrogens is 353 g/mol. The Hall–Kier alpha value is -2.77. The van der Waals surface area contributed by atoms with Crippen LogP contribution in [0.2, 0.25) is 0 Å². The zero-order valence-corrected chi connectivity index (χ0v) is 14.7. The number of rotatable bonds is 3. The van der Waals surface area contributed by atoms with Gasteiger partial charge >= 0.3 is 0 Å². The Morgan fingerprint density at radius 1 is 1.11 bits per heavy atom. The minimum atomic E-state index is -0.756. The number of carbonyl (C=O) groups is 4. The van der Waals surface area contributed by atoms with Crippen LogP contribution in [-0.2, 0) is 20.9 Å². The number of fused-ring (bicyclic) bond motifs is 1. The summed E-state index contributed by atoms with van der Waals surface area (Å²) in [6.07, 6.45) is 2.73. The summed E-state index contributed by atoms with van der Waals surface area (Å²) in [5, 5.41) is 2.24. The smallest absolute Gasteiger partial charge is 0.255 e. The number of amides is 3. The summed E-state index contributed by atoms with van der Waals surface area (Å²) in [6.45, 7) is 1.19. The Balaban J connectivity index is 1.57. The molecule has 1 aromatic carbocycles. The molecule has 0 aliphatic carbocycles. The Morgan fingerprint density at radius 3 is 2.52 bits per heavy atom. The van der Waals surface area contributed by atoms with E-state index in [1.165, 1.54) is 4.90 Å². The molecule has 8 heteroatoms. The fraction of sp³-hybridized carbons (Fsp3) is 0.474. The van der Waals surface area contributed by atoms with Gasteiger partial charge in [0.05, 0.1) is 12.2 Å². The van der Waals surface area contributed by atoms with Gasteiger partial charge in [-0.3, -0.25) is 19.7 Å². The molecule has 0 saturated carbocycles. The number of hydrogen-bond acceptors (Lipinski definition) is 5. The maximum Gasteiger partial charge on any atom is 0.255 e. The van der Waals surface area contributed by atoms with Crippen molar-refractivity contribution in [1.82, 2.24) is 10.2 Å². The van der Waals surface area contributed by atoms with Crippen molar-refractivity contribution in [2.75, 3.05) is 18.0 Å². The molecule has 0 radical (unpaired) electrons. The lowest BCUT2D eigenvalue weighted by Crippen LogP contribution is -2.52. The average Bonchev–Trinajstić information content (AvgIpc) is 3.00. The Bertz CT molecular complexity index is 832. The molecule has 0 bridgehead atoms. The Morgan fingerprint density at radius 2 is 1.85 bits per heavy atom. The molecule has 3 amide bonds. The third kappa shape index (κ3) is 2.98. The van der Waals surface area contributed by atoms with E-state index < -0.39 is 17.8 Å². The van der Waals surface area contributed by atoms with E-state index in [1.807, 2.05) is 4.90 Å². The van der Waals surface area contributed by atoms with Gasteiger partial charge in [-0.25, -0.2) is 4.39 Å². The molecule has 1 N–H and O–H groups in total. The molecule has 0 spiro atoms. The molecule has 2 fully saturated rings. The molecule has 142 valence electrons. The van der Waals surface area contributed by atoms with Crippen molar-refractivity contribution in [3.63, 3.8) is 0 Å². The van der Waals surface area contributed by atoms with E-state index in [0.717, 1.165) is 6.29 Å². The minimum Gasteiger partial charge on any atom is -0.369 e. The van der Waals surface area contributed by atoms with E-state index in [-0.39, 0.29) is 42.7 Å². The van der Waals surface area contributed by atoms with Crippen LogP contribution in [0, 0.1) is 11.7 Å². The third-order valence-electron chi connectivity index (χ3n) is 5.70. The molecule has 3 aliphatic rings. The molecule has 3 aliphatic heterocycles. The van der Waals surface area contributed by atoms with E-state index >= 15 is 4.39 Å². The summed E-state index contributed by atoms with van der Waals surface area (Å²) in [7, 11) is 0. The number of anilines is 1. The summed E-state index contributed by atoms with van der Waals surface area (Å²) in [6, 6.07) is 2.45. The van der Waals surface area contributed by atoms with Crippen molar-refractivity contribution in [1.29, 1.82) is 0 Å². The predicted molar refractivity (Wildman–Crippen MR) is 93.4 cm³/mol. The molecule has 27 heavy (non-hydrogen) atoms. The average molecular weight is 373 g/mol. The van der Waals surface area contributed by atoms with Gasteiger partial charge in [0.2, 0.25) is 11.8 Å². The van der Waals surface area contributed by atoms with Crippen molar-refractivity contribution < 1.29 is 23.6 Å². The number of nitrogens with zero attached hydrogens (tertiary/aromatic N) is 2. The second-order valence-corrected chi connectivity index (χ2v) is 7.29. The normalized spacial score (nSPS) is 23.4. The first kappa shape index (κ1) is 17.6. The first-order valence-corrected chi connectivity index (χ1v) is 9.16. The second kappa shape index (κ2) is 6.75. The lowest BCUT2D eigenvalue weighted by Gasteiger charge is -2.32. The zero-order valence-electron chi connectivity index (χ0n) is 14.7. The van der Waals surface area contributed by atoms with Crippen molar-refractivity contribution in [2.45, 2.75) is 38.3 Å². The fourth-order valence-electron chi connectivity index (χ4n) is 4.11. The van der Waals surface area contributed by atoms with Crippen LogP contribution in [0.5, 0.6) is 0 Å². The van der Waals surface area contributed by atoms with Crippen molar-refractivity contribution >= 4 is 29.7 Å². The number of carbonyl (C=O) groups excluding carboxylic acids is 4. The molecule has 2 saturated heterocycles. The van der Waals surface area contributed by atoms with Gasteiger partial charge in [0.1, 0.15) is 12.3 Å². The van der Waals surface area contributed by atoms with Crippen LogP contribution < -0.4 is 10.2 Å². The van der Waals surface area contributed by atoms with Crippen LogP contribution in [0.1, 0.15) is 41.6 Å². The quantitative estimate of drug-likeness (QED) is 0.631. The number of nitrogens with one attached hydrogen (secondary N) is 1. The number of aldehydes is 1. The topological polar surface area (TPSA) is 86.8 Å². The third-order valence-corrected chi connectivity index (χ3v) is 5.70. The van der Waals surface area contributed by atoms with Crippen LogP contribution >= 0.6 is 0 Å². The highest BCUT2D eigenvalue weighted by molar-refractivity contribution is 6.05. The molecule has 3 heterocycles. The first-order valence-electron chi connectivity index (χ1n) is 9.16. The van der Waals surface area contributed by atoms with Gasteiger partial charge < -0.3 is 14.6 Å². The van der Waals surface area contributed by atoms with Crippen LogP contribution in [0.3, 0.4) is 0 Å². The molecule has 0 unspecified atom stereocenters. The van der Waals surface area contributed by atoms with Crippen LogP contribution in [-0.4, -0.2) is 48.0 Å². The molecular formula is C19H20FN3O4. The molecule has 1 aromatic rings. The first-order chi connectivity index (χ1) is 13.0. The summed E-state index contributed by atoms with van der Waals surface area (Å²) in [4.78, 5) is 50.3. The number of imide groups is 1. The highest BCUT2D eigenvalue weighted by Crippen LogP contribution is 2.34. The fourth-order valence-corrected chi connectivity index (χ4v) is 4.11. The summed E-state index contributed by atoms with van der Waals surface area (Å²) in [5.74, 6) is -1.68. The van der Waals surface area contributed by atoms with Gasteiger partial charge in [-0.15, -0.1) is 0 Å². The SMILES string of the molecule is O=CC1CCN(c2ccc3c(c2F)CN([C@H]2CCC(=O)NC2=O)C3=O)CC1. The van der Waals surface area contributed by atoms with Crippen LogP contribution in [0.4, 0.5) is 10.1 Å². The van der Waals surface area contributed by atoms with Gasteiger partial charge in [-0.05, 0) is 31.4 Å². The van der Waals surface area contributed by atoms with E-state index in [0.29, 0.717) is 37.2 Å². The number of hydrogen-bond donors (Lipinski definition) is 1. The van der Waals surface area contributed by atoms with E-state index in [4.69, 9.17) is 0 Å². The van der Waals surface area contributed by atoms with Gasteiger partial charge in [-0.2, -0.15) is 0 Å². The van der Waals surface area contributed by atoms with Gasteiger partial charge in [-0.1, -0.05) is 0 Å². The van der Waals surface area contributed by atoms with Crippen molar-refractivity contribution in [2.24, 2.45) is 5.92 Å². The number of halogens is 1. The number of piperidine rings is 2. The molecule has 1 atom stereocenters. The molecule has 4 rings (SSSR count). The lowest BCUT2D eigenvalue weighted by molar-refractivity contribution is -0.137. The van der Waals surface area contributed by atoms with E-state index in [1.54, 1.807) is 12.1 Å². The highest BCUT2D eigenvalue weighted by atomic mass is 19.1. The second-order valence-electron chi connectivity index (χ2n) is 7.29. The number of benzene rings is 1. The maximum absolute atomic E-state index is 15.2. The summed E-state index contributed by atoms with van der Waals surface area (Å²) < 4.78 is 15.2. The molecule has 7 nitrogen and oxygen atoms in total. The lowest BCUT2D eigenvalue weighted by atomic mass is 9.97. The predicted octanol–water partition coefficient (Wildman–Crippen LogP) is 1.00. The zero-order chi connectivity index (χ0) is 19.1. The van der Waals surface area contributed by atoms with Crippen LogP contribution in [0.15, 0.2) is 12.1 Å². The summed E-state index contributed by atoms with van der Waals surface area (Å²) >= 11 is 0. The largest absolute Gasteiger partial charge is 0.369 e. The van der Waals surface area contributed by atoms with Gasteiger partial charge in [0, 0.05) is 36.6 Å². The minimum absolute atomic E-state index is 0.0170.